The zero-order chi connectivity index (χ0) is 11.9. The third-order valence-electron chi connectivity index (χ3n) is 2.08. The lowest BCUT2D eigenvalue weighted by molar-refractivity contribution is -0.144. The van der Waals surface area contributed by atoms with Gasteiger partial charge < -0.3 is 4.74 Å². The zero-order valence-electron chi connectivity index (χ0n) is 10.7. The lowest BCUT2D eigenvalue weighted by atomic mass is 9.88. The molecular formula is C13H24O2. The molecule has 2 nitrogen and oxygen atoms in total. The average Bonchev–Trinajstić information content (AvgIpc) is 2.01. The first-order valence-electron chi connectivity index (χ1n) is 5.70. The van der Waals surface area contributed by atoms with Gasteiger partial charge in [0.05, 0.1) is 13.0 Å². The number of rotatable bonds is 6. The van der Waals surface area contributed by atoms with Crippen LogP contribution in [0.25, 0.3) is 0 Å². The first kappa shape index (κ1) is 14.2. The van der Waals surface area contributed by atoms with Gasteiger partial charge in [-0.25, -0.2) is 0 Å². The van der Waals surface area contributed by atoms with Gasteiger partial charge in [-0.1, -0.05) is 39.8 Å². The normalized spacial score (nSPS) is 12.4. The Morgan fingerprint density at radius 3 is 2.47 bits per heavy atom. The van der Waals surface area contributed by atoms with Gasteiger partial charge >= 0.3 is 5.97 Å². The Labute approximate surface area is 93.7 Å². The summed E-state index contributed by atoms with van der Waals surface area (Å²) in [6, 6.07) is 0. The Bertz CT molecular complexity index is 215. The number of ether oxygens (including phenoxy) is 1. The molecule has 0 saturated heterocycles. The SMILES string of the molecule is CCOC(=O)CC(C)(C)/C=C/CC(C)C. The molecule has 0 rings (SSSR count). The highest BCUT2D eigenvalue weighted by Gasteiger charge is 2.19. The summed E-state index contributed by atoms with van der Waals surface area (Å²) < 4.78 is 4.93. The smallest absolute Gasteiger partial charge is 0.306 e. The van der Waals surface area contributed by atoms with Crippen molar-refractivity contribution in [3.05, 3.63) is 12.2 Å². The monoisotopic (exact) mass is 212 g/mol. The molecule has 0 heterocycles. The van der Waals surface area contributed by atoms with Gasteiger partial charge in [0.1, 0.15) is 0 Å². The van der Waals surface area contributed by atoms with E-state index in [4.69, 9.17) is 4.74 Å². The predicted molar refractivity (Wildman–Crippen MR) is 63.6 cm³/mol. The molecule has 0 unspecified atom stereocenters. The molecule has 0 saturated carbocycles. The highest BCUT2D eigenvalue weighted by Crippen LogP contribution is 2.23. The Hall–Kier alpha value is -0.790. The first-order valence-corrected chi connectivity index (χ1v) is 5.70. The standard InChI is InChI=1S/C13H24O2/c1-6-15-12(14)10-13(4,5)9-7-8-11(2)3/h7,9,11H,6,8,10H2,1-5H3/b9-7+. The van der Waals surface area contributed by atoms with Gasteiger partial charge in [0, 0.05) is 0 Å². The van der Waals surface area contributed by atoms with Crippen molar-refractivity contribution in [1.29, 1.82) is 0 Å². The van der Waals surface area contributed by atoms with Gasteiger partial charge in [0.2, 0.25) is 0 Å². The van der Waals surface area contributed by atoms with Crippen LogP contribution in [0.1, 0.15) is 47.5 Å². The minimum Gasteiger partial charge on any atom is -0.466 e. The molecule has 0 aliphatic heterocycles. The summed E-state index contributed by atoms with van der Waals surface area (Å²) >= 11 is 0. The molecule has 0 amide bonds. The number of esters is 1. The molecule has 0 spiro atoms. The maximum absolute atomic E-state index is 11.3. The van der Waals surface area contributed by atoms with Crippen molar-refractivity contribution in [1.82, 2.24) is 0 Å². The summed E-state index contributed by atoms with van der Waals surface area (Å²) in [5, 5.41) is 0. The number of hydrogen-bond donors (Lipinski definition) is 0. The van der Waals surface area contributed by atoms with Gasteiger partial charge in [0.15, 0.2) is 0 Å². The second-order valence-corrected chi connectivity index (χ2v) is 5.00. The molecule has 0 aromatic heterocycles. The van der Waals surface area contributed by atoms with E-state index in [1.807, 2.05) is 6.92 Å². The summed E-state index contributed by atoms with van der Waals surface area (Å²) in [5.74, 6) is 0.552. The summed E-state index contributed by atoms with van der Waals surface area (Å²) in [7, 11) is 0. The number of hydrogen-bond acceptors (Lipinski definition) is 2. The molecule has 15 heavy (non-hydrogen) atoms. The van der Waals surface area contributed by atoms with Crippen molar-refractivity contribution in [2.75, 3.05) is 6.61 Å². The second-order valence-electron chi connectivity index (χ2n) is 5.00. The van der Waals surface area contributed by atoms with Crippen LogP contribution in [0.5, 0.6) is 0 Å². The molecule has 0 aliphatic rings. The topological polar surface area (TPSA) is 26.3 Å². The minimum atomic E-state index is -0.114. The van der Waals surface area contributed by atoms with Crippen LogP contribution < -0.4 is 0 Å². The molecule has 0 radical (unpaired) electrons. The molecule has 0 aromatic rings. The van der Waals surface area contributed by atoms with Crippen LogP contribution in [0.4, 0.5) is 0 Å². The summed E-state index contributed by atoms with van der Waals surface area (Å²) in [6.07, 6.45) is 5.79. The molecule has 88 valence electrons. The molecule has 0 aromatic carbocycles. The highest BCUT2D eigenvalue weighted by molar-refractivity contribution is 5.70. The molecular weight excluding hydrogens is 188 g/mol. The Balaban J connectivity index is 4.05. The van der Waals surface area contributed by atoms with Gasteiger partial charge in [-0.15, -0.1) is 0 Å². The third kappa shape index (κ3) is 8.22. The summed E-state index contributed by atoms with van der Waals surface area (Å²) in [5.41, 5.74) is -0.0961. The maximum atomic E-state index is 11.3. The van der Waals surface area contributed by atoms with Gasteiger partial charge in [-0.2, -0.15) is 0 Å². The van der Waals surface area contributed by atoms with E-state index < -0.39 is 0 Å². The zero-order valence-corrected chi connectivity index (χ0v) is 10.7. The van der Waals surface area contributed by atoms with Crippen LogP contribution in [-0.2, 0) is 9.53 Å². The van der Waals surface area contributed by atoms with E-state index in [1.54, 1.807) is 0 Å². The van der Waals surface area contributed by atoms with Crippen LogP contribution in [-0.4, -0.2) is 12.6 Å². The molecule has 0 aliphatic carbocycles. The molecule has 0 fully saturated rings. The largest absolute Gasteiger partial charge is 0.466 e. The second kappa shape index (κ2) is 6.65. The minimum absolute atomic E-state index is 0.0961. The van der Waals surface area contributed by atoms with E-state index in [1.165, 1.54) is 0 Å². The van der Waals surface area contributed by atoms with E-state index >= 15 is 0 Å². The van der Waals surface area contributed by atoms with E-state index in [2.05, 4.69) is 39.8 Å². The van der Waals surface area contributed by atoms with Crippen LogP contribution >= 0.6 is 0 Å². The van der Waals surface area contributed by atoms with Crippen molar-refractivity contribution in [2.24, 2.45) is 11.3 Å². The van der Waals surface area contributed by atoms with Crippen LogP contribution in [0.3, 0.4) is 0 Å². The lowest BCUT2D eigenvalue weighted by Crippen LogP contribution is -2.16. The predicted octanol–water partition coefficient (Wildman–Crippen LogP) is 3.57. The maximum Gasteiger partial charge on any atom is 0.306 e. The van der Waals surface area contributed by atoms with Crippen molar-refractivity contribution in [3.8, 4) is 0 Å². The molecule has 0 N–H and O–H groups in total. The van der Waals surface area contributed by atoms with E-state index in [9.17, 15) is 4.79 Å². The Kier molecular flexibility index (Phi) is 6.30. The van der Waals surface area contributed by atoms with E-state index in [-0.39, 0.29) is 11.4 Å². The first-order chi connectivity index (χ1) is 6.87. The lowest BCUT2D eigenvalue weighted by Gasteiger charge is -2.18. The number of allylic oxidation sites excluding steroid dienone is 2. The number of carbonyl (C=O) groups excluding carboxylic acids is 1. The number of carbonyl (C=O) groups is 1. The Morgan fingerprint density at radius 2 is 2.00 bits per heavy atom. The van der Waals surface area contributed by atoms with Crippen LogP contribution in [0.2, 0.25) is 0 Å². The van der Waals surface area contributed by atoms with Crippen LogP contribution in [0.15, 0.2) is 12.2 Å². The van der Waals surface area contributed by atoms with E-state index in [0.29, 0.717) is 18.9 Å². The summed E-state index contributed by atoms with van der Waals surface area (Å²) in [4.78, 5) is 11.3. The fourth-order valence-electron chi connectivity index (χ4n) is 1.30. The third-order valence-corrected chi connectivity index (χ3v) is 2.08. The molecule has 2 heteroatoms. The fraction of sp³-hybridized carbons (Fsp3) is 0.769. The van der Waals surface area contributed by atoms with Gasteiger partial charge in [-0.05, 0) is 24.7 Å². The highest BCUT2D eigenvalue weighted by atomic mass is 16.5. The van der Waals surface area contributed by atoms with Crippen molar-refractivity contribution >= 4 is 5.97 Å². The van der Waals surface area contributed by atoms with Crippen molar-refractivity contribution < 1.29 is 9.53 Å². The molecule has 0 atom stereocenters. The van der Waals surface area contributed by atoms with Crippen LogP contribution in [0, 0.1) is 11.3 Å². The van der Waals surface area contributed by atoms with E-state index in [0.717, 1.165) is 6.42 Å². The molecule has 0 bridgehead atoms. The summed E-state index contributed by atoms with van der Waals surface area (Å²) in [6.45, 7) is 10.8. The quantitative estimate of drug-likeness (QED) is 0.497. The fourth-order valence-corrected chi connectivity index (χ4v) is 1.30. The van der Waals surface area contributed by atoms with Crippen molar-refractivity contribution in [2.45, 2.75) is 47.5 Å². The Morgan fingerprint density at radius 1 is 1.40 bits per heavy atom. The average molecular weight is 212 g/mol. The van der Waals surface area contributed by atoms with Gasteiger partial charge in [0.25, 0.3) is 0 Å². The van der Waals surface area contributed by atoms with Crippen molar-refractivity contribution in [3.63, 3.8) is 0 Å². The van der Waals surface area contributed by atoms with Gasteiger partial charge in [-0.3, -0.25) is 4.79 Å².